The molecule has 8 nitrogen and oxygen atoms in total. The number of nitrogens with one attached hydrogen (secondary N) is 2. The highest BCUT2D eigenvalue weighted by molar-refractivity contribution is 6.02. The molecule has 0 spiro atoms. The Hall–Kier alpha value is -5.38. The van der Waals surface area contributed by atoms with E-state index in [1.165, 1.54) is 34.0 Å². The number of carbonyl (C=O) groups excluding carboxylic acids is 2. The van der Waals surface area contributed by atoms with Crippen LogP contribution in [0, 0.1) is 5.92 Å². The molecule has 2 amide bonds. The second-order valence-corrected chi connectivity index (χ2v) is 14.7. The molecule has 0 bridgehead atoms. The van der Waals surface area contributed by atoms with Gasteiger partial charge in [0.15, 0.2) is 12.1 Å². The molecule has 1 aliphatic rings. The van der Waals surface area contributed by atoms with Crippen molar-refractivity contribution in [3.05, 3.63) is 167 Å². The summed E-state index contributed by atoms with van der Waals surface area (Å²) >= 11 is 0. The predicted molar refractivity (Wildman–Crippen MR) is 217 cm³/mol. The van der Waals surface area contributed by atoms with Crippen LogP contribution in [0.5, 0.6) is 0 Å². The molecule has 5 atom stereocenters. The Kier molecular flexibility index (Phi) is 12.0. The van der Waals surface area contributed by atoms with Gasteiger partial charge in [-0.3, -0.25) is 9.69 Å². The summed E-state index contributed by atoms with van der Waals surface area (Å²) in [6, 6.07) is 43.9. The zero-order chi connectivity index (χ0) is 38.3. The Morgan fingerprint density at radius 3 is 1.98 bits per heavy atom. The predicted octanol–water partition coefficient (Wildman–Crippen LogP) is 8.41. The summed E-state index contributed by atoms with van der Waals surface area (Å²) in [7, 11) is 2.15. The Bertz CT molecular complexity index is 2170. The molecule has 1 heterocycles. The highest BCUT2D eigenvalue weighted by atomic mass is 16.7. The van der Waals surface area contributed by atoms with Crippen molar-refractivity contribution in [2.45, 2.75) is 64.5 Å². The Morgan fingerprint density at radius 2 is 1.35 bits per heavy atom. The van der Waals surface area contributed by atoms with Gasteiger partial charge in [0.25, 0.3) is 0 Å². The normalized spacial score (nSPS) is 19.0. The SMILES string of the molecule is CC(=O)[C@@H](Cc1ccccc1)NC(=O)NCc1ccc(C2O[C@H](CN(C)Cc3c4ccccc4cc4ccccc34)[C@H](C)[C@H](c3ccc(CO)cc3)O2)cc1. The summed E-state index contributed by atoms with van der Waals surface area (Å²) < 4.78 is 13.5. The van der Waals surface area contributed by atoms with E-state index < -0.39 is 18.4 Å². The van der Waals surface area contributed by atoms with Gasteiger partial charge >= 0.3 is 6.03 Å². The number of rotatable bonds is 13. The standard InChI is InChI=1S/C47H49N3O5/c1-31-44(29-50(3)28-42-40-15-9-7-13-38(40)26-39-14-8-10-16-41(39)42)54-46(55-45(31)36-21-19-35(30-51)20-22-36)37-23-17-34(18-24-37)27-48-47(53)49-43(32(2)52)25-33-11-5-4-6-12-33/h4-24,26,31,43-46,51H,25,27-30H2,1-3H3,(H2,48,49,53)/t31-,43+,44+,45+,46?/m0/s1. The van der Waals surface area contributed by atoms with Gasteiger partial charge in [-0.2, -0.15) is 0 Å². The molecule has 0 aromatic heterocycles. The number of ether oxygens (including phenoxy) is 2. The third kappa shape index (κ3) is 9.12. The van der Waals surface area contributed by atoms with E-state index in [4.69, 9.17) is 9.47 Å². The van der Waals surface area contributed by atoms with Crippen molar-refractivity contribution in [3.63, 3.8) is 0 Å². The van der Waals surface area contributed by atoms with Gasteiger partial charge in [0.2, 0.25) is 0 Å². The summed E-state index contributed by atoms with van der Waals surface area (Å²) in [4.78, 5) is 27.4. The van der Waals surface area contributed by atoms with Crippen LogP contribution in [0.3, 0.4) is 0 Å². The number of amides is 2. The molecular weight excluding hydrogens is 687 g/mol. The van der Waals surface area contributed by atoms with Crippen LogP contribution in [0.15, 0.2) is 133 Å². The average molecular weight is 736 g/mol. The fourth-order valence-corrected chi connectivity index (χ4v) is 7.58. The number of benzene rings is 6. The molecule has 1 saturated heterocycles. The zero-order valence-corrected chi connectivity index (χ0v) is 31.7. The number of hydrogen-bond donors (Lipinski definition) is 3. The molecule has 7 rings (SSSR count). The van der Waals surface area contributed by atoms with Crippen molar-refractivity contribution < 1.29 is 24.2 Å². The first-order valence-electron chi connectivity index (χ1n) is 19.0. The van der Waals surface area contributed by atoms with Crippen molar-refractivity contribution >= 4 is 33.4 Å². The maximum Gasteiger partial charge on any atom is 0.315 e. The van der Waals surface area contributed by atoms with Crippen LogP contribution in [0.1, 0.15) is 59.6 Å². The fraction of sp³-hybridized carbons (Fsp3) is 0.277. The molecule has 6 aromatic rings. The first-order valence-corrected chi connectivity index (χ1v) is 19.0. The molecule has 282 valence electrons. The van der Waals surface area contributed by atoms with Gasteiger partial charge in [0.05, 0.1) is 24.9 Å². The summed E-state index contributed by atoms with van der Waals surface area (Å²) in [6.45, 7) is 5.39. The van der Waals surface area contributed by atoms with E-state index in [0.717, 1.165) is 34.4 Å². The van der Waals surface area contributed by atoms with E-state index in [9.17, 15) is 14.7 Å². The van der Waals surface area contributed by atoms with Crippen LogP contribution in [-0.2, 0) is 40.4 Å². The van der Waals surface area contributed by atoms with E-state index in [1.807, 2.05) is 78.9 Å². The first kappa shape index (κ1) is 37.9. The lowest BCUT2D eigenvalue weighted by Crippen LogP contribution is -2.46. The van der Waals surface area contributed by atoms with Crippen molar-refractivity contribution in [1.82, 2.24) is 15.5 Å². The number of urea groups is 1. The van der Waals surface area contributed by atoms with E-state index in [2.05, 4.69) is 84.1 Å². The quantitative estimate of drug-likeness (QED) is 0.103. The van der Waals surface area contributed by atoms with Gasteiger partial charge in [-0.1, -0.05) is 134 Å². The number of aliphatic hydroxyl groups is 1. The average Bonchev–Trinajstić information content (AvgIpc) is 3.21. The highest BCUT2D eigenvalue weighted by Crippen LogP contribution is 2.42. The molecule has 1 aliphatic heterocycles. The number of hydrogen-bond acceptors (Lipinski definition) is 6. The lowest BCUT2D eigenvalue weighted by molar-refractivity contribution is -0.276. The second kappa shape index (κ2) is 17.4. The van der Waals surface area contributed by atoms with Crippen LogP contribution in [0.25, 0.3) is 21.5 Å². The van der Waals surface area contributed by atoms with Gasteiger partial charge in [-0.25, -0.2) is 4.79 Å². The minimum Gasteiger partial charge on any atom is -0.392 e. The molecule has 0 aliphatic carbocycles. The number of nitrogens with zero attached hydrogens (tertiary/aromatic N) is 1. The number of carbonyl (C=O) groups is 2. The van der Waals surface area contributed by atoms with Gasteiger partial charge < -0.3 is 25.2 Å². The lowest BCUT2D eigenvalue weighted by atomic mass is 9.89. The van der Waals surface area contributed by atoms with E-state index in [0.29, 0.717) is 19.5 Å². The topological polar surface area (TPSA) is 100 Å². The van der Waals surface area contributed by atoms with Crippen LogP contribution in [0.2, 0.25) is 0 Å². The lowest BCUT2D eigenvalue weighted by Gasteiger charge is -2.42. The monoisotopic (exact) mass is 735 g/mol. The maximum atomic E-state index is 12.8. The summed E-state index contributed by atoms with van der Waals surface area (Å²) in [6.07, 6.45) is -0.571. The number of fused-ring (bicyclic) bond motifs is 2. The van der Waals surface area contributed by atoms with Crippen LogP contribution >= 0.6 is 0 Å². The number of ketones is 1. The Balaban J connectivity index is 1.06. The van der Waals surface area contributed by atoms with Gasteiger partial charge in [-0.05, 0) is 75.8 Å². The summed E-state index contributed by atoms with van der Waals surface area (Å²) in [5.74, 6) is -0.0648. The van der Waals surface area contributed by atoms with Crippen molar-refractivity contribution in [2.24, 2.45) is 5.92 Å². The van der Waals surface area contributed by atoms with Crippen LogP contribution in [-0.4, -0.2) is 47.6 Å². The zero-order valence-electron chi connectivity index (χ0n) is 31.7. The summed E-state index contributed by atoms with van der Waals surface area (Å²) in [5, 5.41) is 20.4. The van der Waals surface area contributed by atoms with Crippen LogP contribution in [0.4, 0.5) is 4.79 Å². The third-order valence-electron chi connectivity index (χ3n) is 10.7. The molecule has 0 radical (unpaired) electrons. The van der Waals surface area contributed by atoms with Crippen molar-refractivity contribution in [3.8, 4) is 0 Å². The van der Waals surface area contributed by atoms with Gasteiger partial charge in [-0.15, -0.1) is 0 Å². The second-order valence-electron chi connectivity index (χ2n) is 14.7. The van der Waals surface area contributed by atoms with Gasteiger partial charge in [0.1, 0.15) is 0 Å². The summed E-state index contributed by atoms with van der Waals surface area (Å²) in [5.41, 5.74) is 5.95. The minimum atomic E-state index is -0.616. The Labute approximate surface area is 323 Å². The maximum absolute atomic E-state index is 12.8. The van der Waals surface area contributed by atoms with E-state index in [1.54, 1.807) is 0 Å². The fourth-order valence-electron chi connectivity index (χ4n) is 7.58. The molecule has 8 heteroatoms. The first-order chi connectivity index (χ1) is 26.7. The van der Waals surface area contributed by atoms with Crippen molar-refractivity contribution in [2.75, 3.05) is 13.6 Å². The largest absolute Gasteiger partial charge is 0.392 e. The molecule has 55 heavy (non-hydrogen) atoms. The van der Waals surface area contributed by atoms with E-state index in [-0.39, 0.29) is 30.5 Å². The third-order valence-corrected chi connectivity index (χ3v) is 10.7. The molecule has 3 N–H and O–H groups in total. The molecule has 1 fully saturated rings. The molecule has 0 saturated carbocycles. The number of likely N-dealkylation sites (N-methyl/N-ethyl adjacent to an activating group) is 1. The number of Topliss-reactive ketones (excluding diaryl/α,β-unsaturated/α-hetero) is 1. The molecule has 1 unspecified atom stereocenters. The van der Waals surface area contributed by atoms with Crippen molar-refractivity contribution in [1.29, 1.82) is 0 Å². The van der Waals surface area contributed by atoms with E-state index >= 15 is 0 Å². The molecule has 6 aromatic carbocycles. The van der Waals surface area contributed by atoms with Gasteiger partial charge in [0, 0.05) is 31.1 Å². The Morgan fingerprint density at radius 1 is 0.745 bits per heavy atom. The highest BCUT2D eigenvalue weighted by Gasteiger charge is 2.39. The molecular formula is C47H49N3O5. The smallest absolute Gasteiger partial charge is 0.315 e. The van der Waals surface area contributed by atoms with Crippen LogP contribution < -0.4 is 10.6 Å². The minimum absolute atomic E-state index is 0.0166. The number of aliphatic hydroxyl groups excluding tert-OH is 1.